The van der Waals surface area contributed by atoms with Gasteiger partial charge in [-0.2, -0.15) is 5.10 Å². The maximum atomic E-state index is 5.71. The van der Waals surface area contributed by atoms with Crippen molar-refractivity contribution in [2.24, 2.45) is 7.05 Å². The summed E-state index contributed by atoms with van der Waals surface area (Å²) in [5, 5.41) is 12.4. The van der Waals surface area contributed by atoms with Gasteiger partial charge in [0.15, 0.2) is 0 Å². The molecule has 0 aliphatic rings. The molecule has 19 heavy (non-hydrogen) atoms. The maximum Gasteiger partial charge on any atom is 0.251 e. The van der Waals surface area contributed by atoms with E-state index in [1.54, 1.807) is 4.68 Å². The van der Waals surface area contributed by atoms with Gasteiger partial charge in [-0.15, -0.1) is 10.2 Å². The van der Waals surface area contributed by atoms with Crippen molar-refractivity contribution in [2.45, 2.75) is 13.8 Å². The molecule has 0 spiro atoms. The van der Waals surface area contributed by atoms with Crippen LogP contribution >= 0.6 is 0 Å². The van der Waals surface area contributed by atoms with Gasteiger partial charge in [-0.3, -0.25) is 4.68 Å². The molecule has 0 unspecified atom stereocenters. The maximum absolute atomic E-state index is 5.71. The van der Waals surface area contributed by atoms with Crippen LogP contribution in [0.25, 0.3) is 22.9 Å². The van der Waals surface area contributed by atoms with E-state index in [1.165, 1.54) is 5.56 Å². The number of aromatic nitrogens is 4. The molecule has 0 bridgehead atoms. The zero-order valence-electron chi connectivity index (χ0n) is 11.1. The van der Waals surface area contributed by atoms with Crippen molar-refractivity contribution in [1.29, 1.82) is 0 Å². The number of hydrogen-bond donors (Lipinski definition) is 0. The third-order valence-electron chi connectivity index (χ3n) is 2.97. The Labute approximate surface area is 110 Å². The fraction of sp³-hybridized carbons (Fsp3) is 0.214. The minimum Gasteiger partial charge on any atom is -0.416 e. The van der Waals surface area contributed by atoms with Crippen molar-refractivity contribution >= 4 is 0 Å². The molecule has 3 aromatic rings. The van der Waals surface area contributed by atoms with Crippen LogP contribution in [0.4, 0.5) is 0 Å². The van der Waals surface area contributed by atoms with Gasteiger partial charge in [0.05, 0.1) is 11.3 Å². The van der Waals surface area contributed by atoms with Gasteiger partial charge in [-0.1, -0.05) is 17.7 Å². The quantitative estimate of drug-likeness (QED) is 0.705. The lowest BCUT2D eigenvalue weighted by molar-refractivity contribution is 0.584. The molecule has 0 amide bonds. The second-order valence-corrected chi connectivity index (χ2v) is 4.58. The first-order valence-corrected chi connectivity index (χ1v) is 6.04. The molecule has 1 aromatic carbocycles. The molecular formula is C14H14N4O. The predicted molar refractivity (Wildman–Crippen MR) is 71.4 cm³/mol. The molecule has 2 aromatic heterocycles. The van der Waals surface area contributed by atoms with Crippen LogP contribution in [0.5, 0.6) is 0 Å². The van der Waals surface area contributed by atoms with Crippen LogP contribution in [0.15, 0.2) is 34.9 Å². The van der Waals surface area contributed by atoms with Crippen LogP contribution in [-0.2, 0) is 7.05 Å². The summed E-state index contributed by atoms with van der Waals surface area (Å²) in [5.74, 6) is 1.03. The van der Waals surface area contributed by atoms with Crippen LogP contribution in [0.1, 0.15) is 11.3 Å². The highest BCUT2D eigenvalue weighted by molar-refractivity contribution is 5.59. The Hall–Kier alpha value is -2.43. The first-order chi connectivity index (χ1) is 9.13. The Morgan fingerprint density at radius 3 is 2.32 bits per heavy atom. The first-order valence-electron chi connectivity index (χ1n) is 6.04. The average molecular weight is 254 g/mol. The lowest BCUT2D eigenvalue weighted by atomic mass is 10.1. The fourth-order valence-electron chi connectivity index (χ4n) is 1.95. The second kappa shape index (κ2) is 4.35. The number of rotatable bonds is 2. The van der Waals surface area contributed by atoms with E-state index in [0.717, 1.165) is 16.8 Å². The summed E-state index contributed by atoms with van der Waals surface area (Å²) >= 11 is 0. The van der Waals surface area contributed by atoms with Crippen LogP contribution in [-0.4, -0.2) is 20.0 Å². The highest BCUT2D eigenvalue weighted by Gasteiger charge is 2.14. The van der Waals surface area contributed by atoms with Gasteiger partial charge in [-0.25, -0.2) is 0 Å². The van der Waals surface area contributed by atoms with E-state index in [1.807, 2.05) is 51.4 Å². The van der Waals surface area contributed by atoms with Crippen LogP contribution in [0.2, 0.25) is 0 Å². The Morgan fingerprint density at radius 1 is 1.00 bits per heavy atom. The summed E-state index contributed by atoms with van der Waals surface area (Å²) in [6, 6.07) is 7.99. The Kier molecular flexibility index (Phi) is 2.67. The summed E-state index contributed by atoms with van der Waals surface area (Å²) in [6.45, 7) is 3.97. The summed E-state index contributed by atoms with van der Waals surface area (Å²) in [6.07, 6.45) is 1.88. The van der Waals surface area contributed by atoms with Gasteiger partial charge in [0.25, 0.3) is 5.89 Å². The minimum atomic E-state index is 0.501. The van der Waals surface area contributed by atoms with Gasteiger partial charge in [0.2, 0.25) is 5.89 Å². The molecule has 5 heteroatoms. The van der Waals surface area contributed by atoms with Gasteiger partial charge < -0.3 is 4.42 Å². The van der Waals surface area contributed by atoms with Crippen LogP contribution in [0, 0.1) is 13.8 Å². The number of nitrogens with zero attached hydrogens (tertiary/aromatic N) is 4. The second-order valence-electron chi connectivity index (χ2n) is 4.58. The molecule has 0 saturated heterocycles. The summed E-state index contributed by atoms with van der Waals surface area (Å²) in [7, 11) is 1.87. The van der Waals surface area contributed by atoms with Gasteiger partial charge in [0, 0.05) is 18.8 Å². The van der Waals surface area contributed by atoms with E-state index in [0.29, 0.717) is 11.8 Å². The topological polar surface area (TPSA) is 56.7 Å². The third kappa shape index (κ3) is 2.14. The zero-order chi connectivity index (χ0) is 13.4. The molecule has 96 valence electrons. The summed E-state index contributed by atoms with van der Waals surface area (Å²) < 4.78 is 7.45. The van der Waals surface area contributed by atoms with Crippen molar-refractivity contribution in [3.63, 3.8) is 0 Å². The van der Waals surface area contributed by atoms with E-state index in [-0.39, 0.29) is 0 Å². The van der Waals surface area contributed by atoms with Gasteiger partial charge in [-0.05, 0) is 26.0 Å². The monoisotopic (exact) mass is 254 g/mol. The molecule has 2 heterocycles. The number of aryl methyl sites for hydroxylation is 3. The minimum absolute atomic E-state index is 0.501. The Balaban J connectivity index is 1.99. The highest BCUT2D eigenvalue weighted by atomic mass is 16.4. The Bertz CT molecular complexity index is 709. The number of benzene rings is 1. The lowest BCUT2D eigenvalue weighted by Crippen LogP contribution is -1.86. The molecule has 0 aliphatic carbocycles. The lowest BCUT2D eigenvalue weighted by Gasteiger charge is -1.95. The SMILES string of the molecule is Cc1ccc(-c2nnc(-c3cn(C)nc3C)o2)cc1. The predicted octanol–water partition coefficient (Wildman–Crippen LogP) is 2.75. The zero-order valence-corrected chi connectivity index (χ0v) is 11.1. The molecule has 5 nitrogen and oxygen atoms in total. The van der Waals surface area contributed by atoms with Crippen molar-refractivity contribution in [1.82, 2.24) is 20.0 Å². The summed E-state index contributed by atoms with van der Waals surface area (Å²) in [5.41, 5.74) is 3.87. The smallest absolute Gasteiger partial charge is 0.251 e. The van der Waals surface area contributed by atoms with E-state index in [4.69, 9.17) is 4.42 Å². The van der Waals surface area contributed by atoms with E-state index in [9.17, 15) is 0 Å². The first kappa shape index (κ1) is 11.6. The molecule has 0 radical (unpaired) electrons. The van der Waals surface area contributed by atoms with Gasteiger partial charge in [0.1, 0.15) is 0 Å². The average Bonchev–Trinajstić information content (AvgIpc) is 2.97. The Morgan fingerprint density at radius 2 is 1.68 bits per heavy atom. The van der Waals surface area contributed by atoms with Crippen LogP contribution in [0.3, 0.4) is 0 Å². The molecule has 0 atom stereocenters. The van der Waals surface area contributed by atoms with Crippen molar-refractivity contribution < 1.29 is 4.42 Å². The molecular weight excluding hydrogens is 240 g/mol. The summed E-state index contributed by atoms with van der Waals surface area (Å²) in [4.78, 5) is 0. The van der Waals surface area contributed by atoms with E-state index < -0.39 is 0 Å². The third-order valence-corrected chi connectivity index (χ3v) is 2.97. The van der Waals surface area contributed by atoms with E-state index in [2.05, 4.69) is 15.3 Å². The molecule has 3 rings (SSSR count). The van der Waals surface area contributed by atoms with Gasteiger partial charge >= 0.3 is 0 Å². The molecule has 0 saturated carbocycles. The molecule has 0 aliphatic heterocycles. The van der Waals surface area contributed by atoms with Crippen molar-refractivity contribution in [3.05, 3.63) is 41.7 Å². The number of hydrogen-bond acceptors (Lipinski definition) is 4. The van der Waals surface area contributed by atoms with Crippen molar-refractivity contribution in [3.8, 4) is 22.9 Å². The van der Waals surface area contributed by atoms with E-state index >= 15 is 0 Å². The normalized spacial score (nSPS) is 10.9. The largest absolute Gasteiger partial charge is 0.416 e. The highest BCUT2D eigenvalue weighted by Crippen LogP contribution is 2.25. The standard InChI is InChI=1S/C14H14N4O/c1-9-4-6-11(7-5-9)13-15-16-14(19-13)12-8-18(3)17-10(12)2/h4-8H,1-3H3. The van der Waals surface area contributed by atoms with Crippen molar-refractivity contribution in [2.75, 3.05) is 0 Å². The van der Waals surface area contributed by atoms with Crippen LogP contribution < -0.4 is 0 Å². The molecule has 0 N–H and O–H groups in total. The molecule has 0 fully saturated rings. The fourth-order valence-corrected chi connectivity index (χ4v) is 1.95.